The minimum atomic E-state index is 0.653. The van der Waals surface area contributed by atoms with Gasteiger partial charge in [0.05, 0.1) is 23.7 Å². The van der Waals surface area contributed by atoms with Crippen molar-refractivity contribution in [1.82, 2.24) is 29.5 Å². The maximum atomic E-state index is 4.63. The zero-order valence-corrected chi connectivity index (χ0v) is 12.3. The molecule has 1 N–H and O–H groups in total. The van der Waals surface area contributed by atoms with Crippen LogP contribution in [-0.2, 0) is 13.6 Å². The number of nitrogens with zero attached hydrogens (tertiary/aromatic N) is 6. The van der Waals surface area contributed by atoms with Crippen molar-refractivity contribution >= 4 is 5.82 Å². The molecule has 3 rings (SSSR count). The highest BCUT2D eigenvalue weighted by molar-refractivity contribution is 5.66. The summed E-state index contributed by atoms with van der Waals surface area (Å²) in [6, 6.07) is 1.91. The molecule has 7 heteroatoms. The number of anilines is 1. The first-order valence-electron chi connectivity index (χ1n) is 6.78. The average molecular weight is 283 g/mol. The lowest BCUT2D eigenvalue weighted by atomic mass is 10.2. The van der Waals surface area contributed by atoms with Crippen molar-refractivity contribution in [2.75, 3.05) is 12.4 Å². The molecule has 0 aliphatic rings. The fourth-order valence-corrected chi connectivity index (χ4v) is 2.06. The first kappa shape index (κ1) is 13.3. The SMILES string of the molecule is CCn1cc(-c2nc(NC)cc(-c3cnn(C)c3)n2)cn1. The van der Waals surface area contributed by atoms with E-state index in [1.54, 1.807) is 17.1 Å². The van der Waals surface area contributed by atoms with Crippen LogP contribution in [-0.4, -0.2) is 36.6 Å². The van der Waals surface area contributed by atoms with Gasteiger partial charge in [-0.3, -0.25) is 9.36 Å². The van der Waals surface area contributed by atoms with Crippen LogP contribution < -0.4 is 5.32 Å². The summed E-state index contributed by atoms with van der Waals surface area (Å²) in [5.41, 5.74) is 2.70. The molecule has 3 aromatic heterocycles. The highest BCUT2D eigenvalue weighted by atomic mass is 15.3. The van der Waals surface area contributed by atoms with E-state index in [9.17, 15) is 0 Å². The number of rotatable bonds is 4. The van der Waals surface area contributed by atoms with Crippen molar-refractivity contribution in [3.8, 4) is 22.6 Å². The molecule has 0 saturated heterocycles. The Morgan fingerprint density at radius 3 is 2.52 bits per heavy atom. The summed E-state index contributed by atoms with van der Waals surface area (Å²) in [4.78, 5) is 9.12. The summed E-state index contributed by atoms with van der Waals surface area (Å²) in [5.74, 6) is 1.42. The molecule has 3 aromatic rings. The van der Waals surface area contributed by atoms with Gasteiger partial charge in [-0.15, -0.1) is 0 Å². The predicted molar refractivity (Wildman–Crippen MR) is 80.7 cm³/mol. The highest BCUT2D eigenvalue weighted by Gasteiger charge is 2.11. The Bertz CT molecular complexity index is 756. The fourth-order valence-electron chi connectivity index (χ4n) is 2.06. The van der Waals surface area contributed by atoms with Crippen molar-refractivity contribution in [3.05, 3.63) is 30.9 Å². The van der Waals surface area contributed by atoms with Gasteiger partial charge in [-0.1, -0.05) is 0 Å². The molecule has 0 aliphatic carbocycles. The smallest absolute Gasteiger partial charge is 0.165 e. The van der Waals surface area contributed by atoms with Crippen molar-refractivity contribution in [2.24, 2.45) is 7.05 Å². The molecule has 0 aliphatic heterocycles. The molecule has 0 spiro atoms. The first-order chi connectivity index (χ1) is 10.2. The normalized spacial score (nSPS) is 10.8. The van der Waals surface area contributed by atoms with E-state index in [0.29, 0.717) is 5.82 Å². The Morgan fingerprint density at radius 1 is 1.10 bits per heavy atom. The Morgan fingerprint density at radius 2 is 1.90 bits per heavy atom. The van der Waals surface area contributed by atoms with Gasteiger partial charge in [-0.25, -0.2) is 9.97 Å². The number of aromatic nitrogens is 6. The molecule has 7 nitrogen and oxygen atoms in total. The number of aryl methyl sites for hydroxylation is 2. The van der Waals surface area contributed by atoms with Crippen LogP contribution in [0.25, 0.3) is 22.6 Å². The second-order valence-electron chi connectivity index (χ2n) is 4.70. The molecule has 0 fully saturated rings. The maximum Gasteiger partial charge on any atom is 0.165 e. The maximum absolute atomic E-state index is 4.63. The van der Waals surface area contributed by atoms with Crippen molar-refractivity contribution in [3.63, 3.8) is 0 Å². The molecular formula is C14H17N7. The van der Waals surface area contributed by atoms with Gasteiger partial charge >= 0.3 is 0 Å². The van der Waals surface area contributed by atoms with Crippen molar-refractivity contribution < 1.29 is 0 Å². The van der Waals surface area contributed by atoms with Gasteiger partial charge in [0.25, 0.3) is 0 Å². The van der Waals surface area contributed by atoms with E-state index in [1.165, 1.54) is 0 Å². The molecule has 108 valence electrons. The number of nitrogens with one attached hydrogen (secondary N) is 1. The largest absolute Gasteiger partial charge is 0.373 e. The van der Waals surface area contributed by atoms with Gasteiger partial charge in [0.15, 0.2) is 5.82 Å². The van der Waals surface area contributed by atoms with E-state index in [4.69, 9.17) is 0 Å². The van der Waals surface area contributed by atoms with Crippen LogP contribution in [0.5, 0.6) is 0 Å². The quantitative estimate of drug-likeness (QED) is 0.790. The molecule has 0 amide bonds. The summed E-state index contributed by atoms with van der Waals surface area (Å²) >= 11 is 0. The van der Waals surface area contributed by atoms with E-state index in [-0.39, 0.29) is 0 Å². The standard InChI is InChI=1S/C14H17N7/c1-4-21-9-11(7-17-21)14-18-12(5-13(15-2)19-14)10-6-16-20(3)8-10/h5-9H,4H2,1-3H3,(H,15,18,19). The Hall–Kier alpha value is -2.70. The van der Waals surface area contributed by atoms with E-state index < -0.39 is 0 Å². The average Bonchev–Trinajstić information content (AvgIpc) is 3.15. The minimum absolute atomic E-state index is 0.653. The van der Waals surface area contributed by atoms with Crippen LogP contribution in [0.2, 0.25) is 0 Å². The van der Waals surface area contributed by atoms with Gasteiger partial charge < -0.3 is 5.32 Å². The summed E-state index contributed by atoms with van der Waals surface area (Å²) in [6.45, 7) is 2.86. The zero-order chi connectivity index (χ0) is 14.8. The molecule has 0 radical (unpaired) electrons. The van der Waals surface area contributed by atoms with E-state index in [1.807, 2.05) is 44.2 Å². The first-order valence-corrected chi connectivity index (χ1v) is 6.78. The van der Waals surface area contributed by atoms with Crippen LogP contribution in [0.15, 0.2) is 30.9 Å². The third-order valence-corrected chi connectivity index (χ3v) is 3.20. The second kappa shape index (κ2) is 5.35. The minimum Gasteiger partial charge on any atom is -0.373 e. The van der Waals surface area contributed by atoms with Crippen molar-refractivity contribution in [1.29, 1.82) is 0 Å². The van der Waals surface area contributed by atoms with Gasteiger partial charge in [0, 0.05) is 44.7 Å². The lowest BCUT2D eigenvalue weighted by molar-refractivity contribution is 0.660. The van der Waals surface area contributed by atoms with Gasteiger partial charge in [0.2, 0.25) is 0 Å². The summed E-state index contributed by atoms with van der Waals surface area (Å²) in [7, 11) is 3.73. The monoisotopic (exact) mass is 283 g/mol. The highest BCUT2D eigenvalue weighted by Crippen LogP contribution is 2.23. The topological polar surface area (TPSA) is 73.5 Å². The van der Waals surface area contributed by atoms with Gasteiger partial charge in [-0.05, 0) is 6.92 Å². The predicted octanol–water partition coefficient (Wildman–Crippen LogP) is 1.80. The molecule has 0 bridgehead atoms. The van der Waals surface area contributed by atoms with Crippen LogP contribution >= 0.6 is 0 Å². The lowest BCUT2D eigenvalue weighted by Gasteiger charge is -2.05. The second-order valence-corrected chi connectivity index (χ2v) is 4.70. The van der Waals surface area contributed by atoms with Crippen LogP contribution in [0, 0.1) is 0 Å². The number of hydrogen-bond donors (Lipinski definition) is 1. The summed E-state index contributed by atoms with van der Waals surface area (Å²) in [5, 5.41) is 11.5. The van der Waals surface area contributed by atoms with E-state index in [2.05, 4.69) is 25.5 Å². The Balaban J connectivity index is 2.08. The summed E-state index contributed by atoms with van der Waals surface area (Å²) in [6.07, 6.45) is 7.45. The van der Waals surface area contributed by atoms with Crippen molar-refractivity contribution in [2.45, 2.75) is 13.5 Å². The Labute approximate surface area is 122 Å². The van der Waals surface area contributed by atoms with E-state index >= 15 is 0 Å². The third kappa shape index (κ3) is 2.62. The number of hydrogen-bond acceptors (Lipinski definition) is 5. The van der Waals surface area contributed by atoms with Crippen LogP contribution in [0.4, 0.5) is 5.82 Å². The summed E-state index contributed by atoms with van der Waals surface area (Å²) < 4.78 is 3.61. The van der Waals surface area contributed by atoms with Crippen LogP contribution in [0.1, 0.15) is 6.92 Å². The van der Waals surface area contributed by atoms with Gasteiger partial charge in [-0.2, -0.15) is 10.2 Å². The zero-order valence-electron chi connectivity index (χ0n) is 12.3. The van der Waals surface area contributed by atoms with E-state index in [0.717, 1.165) is 29.2 Å². The molecule has 3 heterocycles. The molecule has 0 atom stereocenters. The Kier molecular flexibility index (Phi) is 3.39. The molecule has 0 saturated carbocycles. The molecule has 21 heavy (non-hydrogen) atoms. The molecule has 0 aromatic carbocycles. The molecule has 0 unspecified atom stereocenters. The van der Waals surface area contributed by atoms with Crippen LogP contribution in [0.3, 0.4) is 0 Å². The lowest BCUT2D eigenvalue weighted by Crippen LogP contribution is -1.98. The fraction of sp³-hybridized carbons (Fsp3) is 0.286. The third-order valence-electron chi connectivity index (χ3n) is 3.20. The molecular weight excluding hydrogens is 266 g/mol. The van der Waals surface area contributed by atoms with Gasteiger partial charge in [0.1, 0.15) is 5.82 Å².